The Balaban J connectivity index is 0.000000295. The van der Waals surface area contributed by atoms with E-state index in [1.165, 1.54) is 20.3 Å². The minimum absolute atomic E-state index is 0.345. The maximum absolute atomic E-state index is 11.4. The third-order valence-corrected chi connectivity index (χ3v) is 2.69. The summed E-state index contributed by atoms with van der Waals surface area (Å²) in [6.07, 6.45) is 1.28. The Kier molecular flexibility index (Phi) is 6.07. The van der Waals surface area contributed by atoms with Crippen LogP contribution in [0.4, 0.5) is 0 Å². The lowest BCUT2D eigenvalue weighted by atomic mass is 10.1. The summed E-state index contributed by atoms with van der Waals surface area (Å²) >= 11 is 0. The van der Waals surface area contributed by atoms with Crippen molar-refractivity contribution in [2.45, 2.75) is 6.92 Å². The molecule has 0 aromatic heterocycles. The maximum atomic E-state index is 11.4. The highest BCUT2D eigenvalue weighted by molar-refractivity contribution is 6.33. The van der Waals surface area contributed by atoms with E-state index < -0.39 is 0 Å². The molecule has 1 aliphatic rings. The van der Waals surface area contributed by atoms with E-state index in [1.54, 1.807) is 31.2 Å². The van der Waals surface area contributed by atoms with Crippen molar-refractivity contribution < 1.29 is 23.9 Å². The van der Waals surface area contributed by atoms with Crippen LogP contribution in [0.2, 0.25) is 0 Å². The molecule has 0 aliphatic carbocycles. The quantitative estimate of drug-likeness (QED) is 0.519. The number of methoxy groups -OCH3 is 2. The van der Waals surface area contributed by atoms with Crippen molar-refractivity contribution in [2.24, 2.45) is 0 Å². The number of rotatable bonds is 3. The number of nitrogens with one attached hydrogen (secondary N) is 1. The van der Waals surface area contributed by atoms with Crippen LogP contribution in [0.3, 0.4) is 0 Å². The number of hydrogen-bond donors (Lipinski definition) is 1. The first-order valence-electron chi connectivity index (χ1n) is 6.35. The van der Waals surface area contributed by atoms with Crippen LogP contribution >= 0.6 is 0 Å². The van der Waals surface area contributed by atoms with Gasteiger partial charge in [0.15, 0.2) is 0 Å². The fourth-order valence-electron chi connectivity index (χ4n) is 1.65. The number of hydrogen-bond acceptors (Lipinski definition) is 5. The second-order valence-corrected chi connectivity index (χ2v) is 4.35. The molecule has 1 aliphatic heterocycles. The standard InChI is InChI=1S/C11H9NO3.C5H8O2/c1-15-9-5-3-2-4-7(9)8-6-10(13)12-11(8)14;1-4(2)5(6)7-3/h2-6H,1H3,(H,12,13,14);1H2,2-3H3. The van der Waals surface area contributed by atoms with E-state index in [2.05, 4.69) is 16.6 Å². The van der Waals surface area contributed by atoms with E-state index in [0.717, 1.165) is 0 Å². The number of imide groups is 1. The van der Waals surface area contributed by atoms with Crippen molar-refractivity contribution in [1.29, 1.82) is 0 Å². The fourth-order valence-corrected chi connectivity index (χ4v) is 1.65. The van der Waals surface area contributed by atoms with Gasteiger partial charge in [0.1, 0.15) is 5.75 Å². The fraction of sp³-hybridized carbons (Fsp3) is 0.188. The lowest BCUT2D eigenvalue weighted by Gasteiger charge is -2.06. The molecule has 1 aromatic rings. The molecule has 22 heavy (non-hydrogen) atoms. The highest BCUT2D eigenvalue weighted by Gasteiger charge is 2.24. The third kappa shape index (κ3) is 4.31. The van der Waals surface area contributed by atoms with E-state index in [4.69, 9.17) is 4.74 Å². The number of carbonyl (C=O) groups is 3. The van der Waals surface area contributed by atoms with Gasteiger partial charge in [-0.15, -0.1) is 0 Å². The van der Waals surface area contributed by atoms with Gasteiger partial charge in [-0.05, 0) is 13.0 Å². The molecule has 0 fully saturated rings. The van der Waals surface area contributed by atoms with Crippen molar-refractivity contribution in [3.63, 3.8) is 0 Å². The molecular formula is C16H17NO5. The highest BCUT2D eigenvalue weighted by Crippen LogP contribution is 2.27. The lowest BCUT2D eigenvalue weighted by molar-refractivity contribution is -0.136. The molecule has 0 spiro atoms. The van der Waals surface area contributed by atoms with Gasteiger partial charge in [-0.1, -0.05) is 24.8 Å². The molecule has 6 heteroatoms. The van der Waals surface area contributed by atoms with E-state index in [1.807, 2.05) is 0 Å². The van der Waals surface area contributed by atoms with Crippen molar-refractivity contribution in [3.05, 3.63) is 48.1 Å². The topological polar surface area (TPSA) is 81.7 Å². The summed E-state index contributed by atoms with van der Waals surface area (Å²) < 4.78 is 9.38. The van der Waals surface area contributed by atoms with Crippen molar-refractivity contribution in [1.82, 2.24) is 5.32 Å². The third-order valence-electron chi connectivity index (χ3n) is 2.69. The Morgan fingerprint density at radius 1 is 1.18 bits per heavy atom. The Hall–Kier alpha value is -2.89. The van der Waals surface area contributed by atoms with Gasteiger partial charge in [-0.25, -0.2) is 4.79 Å². The van der Waals surface area contributed by atoms with Crippen LogP contribution in [0.15, 0.2) is 42.5 Å². The smallest absolute Gasteiger partial charge is 0.332 e. The number of amides is 2. The first kappa shape index (κ1) is 17.2. The molecular weight excluding hydrogens is 286 g/mol. The summed E-state index contributed by atoms with van der Waals surface area (Å²) in [5, 5.41) is 2.19. The average molecular weight is 303 g/mol. The van der Waals surface area contributed by atoms with Crippen molar-refractivity contribution >= 4 is 23.4 Å². The monoisotopic (exact) mass is 303 g/mol. The van der Waals surface area contributed by atoms with Gasteiger partial charge in [0.05, 0.1) is 19.8 Å². The summed E-state index contributed by atoms with van der Waals surface area (Å²) in [5.74, 6) is -0.543. The van der Waals surface area contributed by atoms with E-state index in [-0.39, 0.29) is 17.8 Å². The predicted molar refractivity (Wildman–Crippen MR) is 81.0 cm³/mol. The molecule has 0 saturated carbocycles. The molecule has 0 atom stereocenters. The van der Waals surface area contributed by atoms with E-state index in [0.29, 0.717) is 22.5 Å². The Morgan fingerprint density at radius 3 is 2.23 bits per heavy atom. The van der Waals surface area contributed by atoms with Gasteiger partial charge < -0.3 is 9.47 Å². The first-order valence-corrected chi connectivity index (χ1v) is 6.35. The molecule has 0 bridgehead atoms. The van der Waals surface area contributed by atoms with Crippen LogP contribution in [0.5, 0.6) is 5.75 Å². The number of para-hydroxylation sites is 1. The molecule has 2 amide bonds. The summed E-state index contributed by atoms with van der Waals surface area (Å²) in [7, 11) is 2.85. The molecule has 0 unspecified atom stereocenters. The van der Waals surface area contributed by atoms with Crippen LogP contribution in [-0.4, -0.2) is 32.0 Å². The van der Waals surface area contributed by atoms with Crippen LogP contribution in [0.25, 0.3) is 5.57 Å². The second kappa shape index (κ2) is 7.78. The number of benzene rings is 1. The molecule has 116 valence electrons. The summed E-state index contributed by atoms with van der Waals surface area (Å²) in [6, 6.07) is 7.07. The van der Waals surface area contributed by atoms with Gasteiger partial charge >= 0.3 is 5.97 Å². The van der Waals surface area contributed by atoms with Crippen LogP contribution < -0.4 is 10.1 Å². The van der Waals surface area contributed by atoms with Crippen molar-refractivity contribution in [2.75, 3.05) is 14.2 Å². The molecule has 1 heterocycles. The number of ether oxygens (including phenoxy) is 2. The van der Waals surface area contributed by atoms with Gasteiger partial charge in [0.2, 0.25) is 0 Å². The molecule has 2 rings (SSSR count). The average Bonchev–Trinajstić information content (AvgIpc) is 2.85. The molecule has 1 aromatic carbocycles. The lowest BCUT2D eigenvalue weighted by Crippen LogP contribution is -2.21. The zero-order chi connectivity index (χ0) is 16.7. The molecule has 0 saturated heterocycles. The summed E-state index contributed by atoms with van der Waals surface area (Å²) in [4.78, 5) is 32.6. The SMILES string of the molecule is C=C(C)C(=O)OC.COc1ccccc1C1=CC(=O)NC1=O. The van der Waals surface area contributed by atoms with Gasteiger partial charge in [-0.2, -0.15) is 0 Å². The Bertz CT molecular complexity index is 646. The predicted octanol–water partition coefficient (Wildman–Crippen LogP) is 1.47. The number of esters is 1. The molecule has 6 nitrogen and oxygen atoms in total. The second-order valence-electron chi connectivity index (χ2n) is 4.35. The Labute approximate surface area is 128 Å². The zero-order valence-electron chi connectivity index (χ0n) is 12.6. The van der Waals surface area contributed by atoms with Gasteiger partial charge in [0, 0.05) is 17.2 Å². The number of carbonyl (C=O) groups excluding carboxylic acids is 3. The Morgan fingerprint density at radius 2 is 1.82 bits per heavy atom. The minimum Gasteiger partial charge on any atom is -0.496 e. The maximum Gasteiger partial charge on any atom is 0.332 e. The largest absolute Gasteiger partial charge is 0.496 e. The summed E-state index contributed by atoms with van der Waals surface area (Å²) in [6.45, 7) is 4.95. The normalized spacial score (nSPS) is 12.6. The molecule has 1 N–H and O–H groups in total. The van der Waals surface area contributed by atoms with Crippen LogP contribution in [-0.2, 0) is 19.1 Å². The highest BCUT2D eigenvalue weighted by atomic mass is 16.5. The first-order chi connectivity index (χ1) is 10.4. The van der Waals surface area contributed by atoms with Gasteiger partial charge in [-0.3, -0.25) is 14.9 Å². The minimum atomic E-state index is -0.388. The van der Waals surface area contributed by atoms with Crippen molar-refractivity contribution in [3.8, 4) is 5.75 Å². The zero-order valence-corrected chi connectivity index (χ0v) is 12.6. The van der Waals surface area contributed by atoms with Crippen LogP contribution in [0.1, 0.15) is 12.5 Å². The molecule has 0 radical (unpaired) electrons. The van der Waals surface area contributed by atoms with Gasteiger partial charge in [0.25, 0.3) is 11.8 Å². The van der Waals surface area contributed by atoms with Crippen LogP contribution in [0, 0.1) is 0 Å². The van der Waals surface area contributed by atoms with E-state index in [9.17, 15) is 14.4 Å². The summed E-state index contributed by atoms with van der Waals surface area (Å²) in [5.41, 5.74) is 1.41. The van der Waals surface area contributed by atoms with E-state index >= 15 is 0 Å².